The number of carbonyl (C=O) groups is 2. The minimum Gasteiger partial charge on any atom is -0.383 e. The number of aromatic nitrogens is 2. The van der Waals surface area contributed by atoms with Crippen molar-refractivity contribution in [3.8, 4) is 0 Å². The molecule has 0 aliphatic carbocycles. The molecule has 2 aromatic rings. The maximum absolute atomic E-state index is 11.8. The zero-order chi connectivity index (χ0) is 17.9. The van der Waals surface area contributed by atoms with E-state index in [9.17, 15) is 14.7 Å². The molecular weight excluding hydrogens is 320 g/mol. The lowest BCUT2D eigenvalue weighted by Crippen LogP contribution is -2.39. The van der Waals surface area contributed by atoms with Crippen molar-refractivity contribution < 1.29 is 14.7 Å². The largest absolute Gasteiger partial charge is 0.383 e. The summed E-state index contributed by atoms with van der Waals surface area (Å²) in [5.74, 6) is -0.931. The lowest BCUT2D eigenvalue weighted by molar-refractivity contribution is -0.134. The van der Waals surface area contributed by atoms with E-state index in [0.29, 0.717) is 25.9 Å². The van der Waals surface area contributed by atoms with Crippen LogP contribution in [0.2, 0.25) is 0 Å². The number of aliphatic hydroxyl groups excluding tert-OH is 1. The van der Waals surface area contributed by atoms with Crippen LogP contribution in [0.3, 0.4) is 0 Å². The predicted molar refractivity (Wildman–Crippen MR) is 92.5 cm³/mol. The van der Waals surface area contributed by atoms with Gasteiger partial charge in [-0.3, -0.25) is 19.6 Å². The van der Waals surface area contributed by atoms with Crippen molar-refractivity contribution in [1.82, 2.24) is 20.6 Å². The fourth-order valence-corrected chi connectivity index (χ4v) is 2.19. The Labute approximate surface area is 146 Å². The van der Waals surface area contributed by atoms with Gasteiger partial charge in [-0.15, -0.1) is 0 Å². The summed E-state index contributed by atoms with van der Waals surface area (Å²) in [6.45, 7) is 0.762. The number of rotatable bonds is 9. The van der Waals surface area contributed by atoms with Crippen LogP contribution >= 0.6 is 0 Å². The Kier molecular flexibility index (Phi) is 7.52. The second-order valence-electron chi connectivity index (χ2n) is 5.50. The van der Waals surface area contributed by atoms with Crippen LogP contribution in [-0.2, 0) is 22.4 Å². The highest BCUT2D eigenvalue weighted by molar-refractivity contribution is 5.87. The van der Waals surface area contributed by atoms with Crippen molar-refractivity contribution in [2.75, 3.05) is 13.1 Å². The fraction of sp³-hybridized carbons (Fsp3) is 0.333. The van der Waals surface area contributed by atoms with Crippen LogP contribution in [0.1, 0.15) is 17.8 Å². The Morgan fingerprint density at radius 3 is 2.00 bits per heavy atom. The molecule has 0 radical (unpaired) electrons. The highest BCUT2D eigenvalue weighted by Crippen LogP contribution is 1.97. The summed E-state index contributed by atoms with van der Waals surface area (Å²) in [4.78, 5) is 31.9. The average molecular weight is 342 g/mol. The third-order valence-electron chi connectivity index (χ3n) is 3.52. The first kappa shape index (κ1) is 18.5. The molecule has 132 valence electrons. The van der Waals surface area contributed by atoms with Crippen LogP contribution < -0.4 is 10.6 Å². The van der Waals surface area contributed by atoms with Crippen molar-refractivity contribution in [3.63, 3.8) is 0 Å². The number of aliphatic hydroxyl groups is 1. The van der Waals surface area contributed by atoms with Crippen LogP contribution in [0.4, 0.5) is 0 Å². The molecule has 0 aromatic carbocycles. The number of carbonyl (C=O) groups excluding carboxylic acids is 2. The lowest BCUT2D eigenvalue weighted by Gasteiger charge is -2.11. The molecule has 2 aromatic heterocycles. The molecule has 0 saturated carbocycles. The van der Waals surface area contributed by atoms with E-state index in [-0.39, 0.29) is 12.3 Å². The van der Waals surface area contributed by atoms with Crippen molar-refractivity contribution in [2.24, 2.45) is 0 Å². The third-order valence-corrected chi connectivity index (χ3v) is 3.52. The van der Waals surface area contributed by atoms with Gasteiger partial charge in [0.15, 0.2) is 0 Å². The number of nitrogens with one attached hydrogen (secondary N) is 2. The first-order chi connectivity index (χ1) is 12.1. The number of hydrogen-bond acceptors (Lipinski definition) is 5. The molecule has 2 heterocycles. The lowest BCUT2D eigenvalue weighted by atomic mass is 10.2. The molecule has 0 bridgehead atoms. The van der Waals surface area contributed by atoms with E-state index < -0.39 is 12.0 Å². The van der Waals surface area contributed by atoms with Crippen LogP contribution in [0.25, 0.3) is 0 Å². The molecule has 2 rings (SSSR count). The summed E-state index contributed by atoms with van der Waals surface area (Å²) in [6.07, 6.45) is 2.91. The molecule has 0 saturated heterocycles. The first-order valence-electron chi connectivity index (χ1n) is 8.17. The Hall–Kier alpha value is -2.80. The Morgan fingerprint density at radius 1 is 0.920 bits per heavy atom. The van der Waals surface area contributed by atoms with Gasteiger partial charge in [0.05, 0.1) is 6.42 Å². The second kappa shape index (κ2) is 10.1. The standard InChI is InChI=1S/C18H22N4O3/c23-16(18(25)22-12-8-15-6-2-4-10-20-15)13-17(24)21-11-7-14-5-1-3-9-19-14/h1-6,9-10,16,23H,7-8,11-13H2,(H,21,24)(H,22,25). The summed E-state index contributed by atoms with van der Waals surface area (Å²) >= 11 is 0. The van der Waals surface area contributed by atoms with Gasteiger partial charge < -0.3 is 15.7 Å². The van der Waals surface area contributed by atoms with Gasteiger partial charge in [0.2, 0.25) is 11.8 Å². The normalized spacial score (nSPS) is 11.6. The zero-order valence-electron chi connectivity index (χ0n) is 13.9. The number of amides is 2. The van der Waals surface area contributed by atoms with Gasteiger partial charge in [0, 0.05) is 49.7 Å². The van der Waals surface area contributed by atoms with Crippen molar-refractivity contribution in [2.45, 2.75) is 25.4 Å². The van der Waals surface area contributed by atoms with Gasteiger partial charge in [0.1, 0.15) is 6.10 Å². The maximum atomic E-state index is 11.8. The smallest absolute Gasteiger partial charge is 0.249 e. The molecule has 3 N–H and O–H groups in total. The van der Waals surface area contributed by atoms with Crippen molar-refractivity contribution in [3.05, 3.63) is 60.2 Å². The molecule has 7 nitrogen and oxygen atoms in total. The van der Waals surface area contributed by atoms with Crippen LogP contribution in [0.15, 0.2) is 48.8 Å². The molecule has 2 amide bonds. The summed E-state index contributed by atoms with van der Waals surface area (Å²) in [5.41, 5.74) is 1.72. The van der Waals surface area contributed by atoms with E-state index in [1.165, 1.54) is 0 Å². The van der Waals surface area contributed by atoms with Gasteiger partial charge in [-0.05, 0) is 24.3 Å². The summed E-state index contributed by atoms with van der Waals surface area (Å²) in [7, 11) is 0. The van der Waals surface area contributed by atoms with E-state index >= 15 is 0 Å². The van der Waals surface area contributed by atoms with Gasteiger partial charge >= 0.3 is 0 Å². The van der Waals surface area contributed by atoms with E-state index in [1.807, 2.05) is 36.4 Å². The van der Waals surface area contributed by atoms with Crippen LogP contribution in [0, 0.1) is 0 Å². The molecule has 25 heavy (non-hydrogen) atoms. The van der Waals surface area contributed by atoms with Gasteiger partial charge in [-0.2, -0.15) is 0 Å². The Bertz CT molecular complexity index is 665. The molecule has 1 unspecified atom stereocenters. The van der Waals surface area contributed by atoms with E-state index in [2.05, 4.69) is 20.6 Å². The van der Waals surface area contributed by atoms with Crippen molar-refractivity contribution >= 4 is 11.8 Å². The summed E-state index contributed by atoms with van der Waals surface area (Å²) < 4.78 is 0. The quantitative estimate of drug-likeness (QED) is 0.606. The molecule has 0 spiro atoms. The molecule has 7 heteroatoms. The molecule has 1 atom stereocenters. The molecule has 0 fully saturated rings. The monoisotopic (exact) mass is 342 g/mol. The number of hydrogen-bond donors (Lipinski definition) is 3. The highest BCUT2D eigenvalue weighted by Gasteiger charge is 2.18. The Morgan fingerprint density at radius 2 is 1.48 bits per heavy atom. The van der Waals surface area contributed by atoms with Crippen LogP contribution in [0.5, 0.6) is 0 Å². The average Bonchev–Trinajstić information content (AvgIpc) is 2.63. The molecule has 0 aliphatic rings. The topological polar surface area (TPSA) is 104 Å². The predicted octanol–water partition coefficient (Wildman–Crippen LogP) is 0.245. The van der Waals surface area contributed by atoms with E-state index in [4.69, 9.17) is 0 Å². The van der Waals surface area contributed by atoms with Gasteiger partial charge in [-0.25, -0.2) is 0 Å². The zero-order valence-corrected chi connectivity index (χ0v) is 13.9. The second-order valence-corrected chi connectivity index (χ2v) is 5.50. The van der Waals surface area contributed by atoms with E-state index in [0.717, 1.165) is 11.4 Å². The van der Waals surface area contributed by atoms with Gasteiger partial charge in [-0.1, -0.05) is 12.1 Å². The van der Waals surface area contributed by atoms with Crippen molar-refractivity contribution in [1.29, 1.82) is 0 Å². The summed E-state index contributed by atoms with van der Waals surface area (Å²) in [5, 5.41) is 15.1. The maximum Gasteiger partial charge on any atom is 0.249 e. The minimum atomic E-state index is -1.36. The SMILES string of the molecule is O=C(CC(O)C(=O)NCCc1ccccn1)NCCc1ccccn1. The fourth-order valence-electron chi connectivity index (χ4n) is 2.19. The third kappa shape index (κ3) is 7.09. The minimum absolute atomic E-state index is 0.266. The Balaban J connectivity index is 1.61. The summed E-state index contributed by atoms with van der Waals surface area (Å²) in [6, 6.07) is 11.1. The number of nitrogens with zero attached hydrogens (tertiary/aromatic N) is 2. The molecule has 0 aliphatic heterocycles. The van der Waals surface area contributed by atoms with Crippen LogP contribution in [-0.4, -0.2) is 46.1 Å². The van der Waals surface area contributed by atoms with Gasteiger partial charge in [0.25, 0.3) is 0 Å². The first-order valence-corrected chi connectivity index (χ1v) is 8.17. The van der Waals surface area contributed by atoms with E-state index in [1.54, 1.807) is 12.4 Å². The highest BCUT2D eigenvalue weighted by atomic mass is 16.3. The molecular formula is C18H22N4O3. The number of pyridine rings is 2.